The molecule has 2 N–H and O–H groups in total. The van der Waals surface area contributed by atoms with E-state index in [0.717, 1.165) is 0 Å². The van der Waals surface area contributed by atoms with Gasteiger partial charge in [-0.05, 0) is 44.5 Å². The van der Waals surface area contributed by atoms with Crippen LogP contribution in [-0.4, -0.2) is 28.8 Å². The van der Waals surface area contributed by atoms with Gasteiger partial charge in [0, 0.05) is 10.9 Å². The summed E-state index contributed by atoms with van der Waals surface area (Å²) in [5.74, 6) is -1.70. The Bertz CT molecular complexity index is 542. The minimum absolute atomic E-state index is 0.0626. The molecular formula is C14H17BrFNO4. The molecule has 0 aliphatic rings. The highest BCUT2D eigenvalue weighted by molar-refractivity contribution is 9.10. The first-order chi connectivity index (χ1) is 9.58. The number of alkyl carbamates (subject to hydrolysis) is 1. The summed E-state index contributed by atoms with van der Waals surface area (Å²) in [6, 6.07) is 2.75. The number of nitrogens with one attached hydrogen (secondary N) is 1. The molecule has 1 amide bonds. The topological polar surface area (TPSA) is 75.6 Å². The molecule has 0 saturated carbocycles. The Labute approximate surface area is 130 Å². The lowest BCUT2D eigenvalue weighted by Crippen LogP contribution is -2.44. The van der Waals surface area contributed by atoms with Crippen LogP contribution >= 0.6 is 15.9 Å². The number of ether oxygens (including phenoxy) is 1. The second-order valence-electron chi connectivity index (χ2n) is 5.48. The summed E-state index contributed by atoms with van der Waals surface area (Å²) >= 11 is 3.22. The van der Waals surface area contributed by atoms with Crippen LogP contribution in [0.15, 0.2) is 22.7 Å². The van der Waals surface area contributed by atoms with Crippen molar-refractivity contribution in [3.8, 4) is 0 Å². The Balaban J connectivity index is 2.81. The molecule has 0 unspecified atom stereocenters. The molecule has 116 valence electrons. The van der Waals surface area contributed by atoms with Crippen molar-refractivity contribution in [3.63, 3.8) is 0 Å². The van der Waals surface area contributed by atoms with Gasteiger partial charge in [0.05, 0.1) is 0 Å². The third-order valence-electron chi connectivity index (χ3n) is 2.42. The van der Waals surface area contributed by atoms with E-state index in [9.17, 15) is 14.0 Å². The van der Waals surface area contributed by atoms with Gasteiger partial charge in [-0.25, -0.2) is 14.0 Å². The van der Waals surface area contributed by atoms with Crippen molar-refractivity contribution in [3.05, 3.63) is 34.1 Å². The molecule has 7 heteroatoms. The van der Waals surface area contributed by atoms with Gasteiger partial charge in [0.2, 0.25) is 0 Å². The van der Waals surface area contributed by atoms with Gasteiger partial charge in [-0.2, -0.15) is 0 Å². The Hall–Kier alpha value is -1.63. The van der Waals surface area contributed by atoms with Gasteiger partial charge in [-0.1, -0.05) is 15.9 Å². The molecular weight excluding hydrogens is 345 g/mol. The molecule has 1 atom stereocenters. The van der Waals surface area contributed by atoms with Crippen LogP contribution in [0.2, 0.25) is 0 Å². The second-order valence-corrected chi connectivity index (χ2v) is 6.33. The SMILES string of the molecule is CC(C)(C)OC(=O)N[C@@H](Cc1cc(F)ccc1Br)C(=O)O. The lowest BCUT2D eigenvalue weighted by Gasteiger charge is -2.22. The normalized spacial score (nSPS) is 12.6. The molecule has 1 aromatic rings. The van der Waals surface area contributed by atoms with Crippen LogP contribution in [0.4, 0.5) is 9.18 Å². The van der Waals surface area contributed by atoms with E-state index in [2.05, 4.69) is 21.2 Å². The highest BCUT2D eigenvalue weighted by atomic mass is 79.9. The van der Waals surface area contributed by atoms with Crippen LogP contribution < -0.4 is 5.32 Å². The van der Waals surface area contributed by atoms with Crippen LogP contribution in [0.5, 0.6) is 0 Å². The molecule has 1 rings (SSSR count). The van der Waals surface area contributed by atoms with Crippen molar-refractivity contribution < 1.29 is 23.8 Å². The first kappa shape index (κ1) is 17.4. The monoisotopic (exact) mass is 361 g/mol. The number of carbonyl (C=O) groups excluding carboxylic acids is 1. The first-order valence-corrected chi connectivity index (χ1v) is 7.04. The molecule has 0 aliphatic carbocycles. The zero-order chi connectivity index (χ0) is 16.2. The van der Waals surface area contributed by atoms with Gasteiger partial charge in [-0.15, -0.1) is 0 Å². The molecule has 0 radical (unpaired) electrons. The average molecular weight is 362 g/mol. The number of carboxylic acid groups (broad SMARTS) is 1. The maximum atomic E-state index is 13.2. The highest BCUT2D eigenvalue weighted by Gasteiger charge is 2.25. The van der Waals surface area contributed by atoms with E-state index in [-0.39, 0.29) is 6.42 Å². The van der Waals surface area contributed by atoms with Crippen molar-refractivity contribution >= 4 is 28.0 Å². The third kappa shape index (κ3) is 6.12. The maximum Gasteiger partial charge on any atom is 0.408 e. The number of amides is 1. The second kappa shape index (κ2) is 6.89. The number of benzene rings is 1. The van der Waals surface area contributed by atoms with Crippen molar-refractivity contribution in [1.82, 2.24) is 5.32 Å². The number of halogens is 2. The Morgan fingerprint density at radius 1 is 1.43 bits per heavy atom. The summed E-state index contributed by atoms with van der Waals surface area (Å²) in [7, 11) is 0. The Morgan fingerprint density at radius 2 is 2.05 bits per heavy atom. The fourth-order valence-corrected chi connectivity index (χ4v) is 1.98. The Kier molecular flexibility index (Phi) is 5.71. The molecule has 0 saturated heterocycles. The zero-order valence-electron chi connectivity index (χ0n) is 11.9. The third-order valence-corrected chi connectivity index (χ3v) is 3.19. The van der Waals surface area contributed by atoms with Gasteiger partial charge >= 0.3 is 12.1 Å². The fraction of sp³-hybridized carbons (Fsp3) is 0.429. The summed E-state index contributed by atoms with van der Waals surface area (Å²) in [4.78, 5) is 22.9. The summed E-state index contributed by atoms with van der Waals surface area (Å²) in [5, 5.41) is 11.4. The highest BCUT2D eigenvalue weighted by Crippen LogP contribution is 2.19. The molecule has 0 spiro atoms. The first-order valence-electron chi connectivity index (χ1n) is 6.25. The number of carboxylic acids is 1. The summed E-state index contributed by atoms with van der Waals surface area (Å²) in [6.45, 7) is 5.02. The van der Waals surface area contributed by atoms with E-state index >= 15 is 0 Å². The predicted molar refractivity (Wildman–Crippen MR) is 78.6 cm³/mol. The number of rotatable bonds is 4. The van der Waals surface area contributed by atoms with Crippen molar-refractivity contribution in [2.45, 2.75) is 38.8 Å². The van der Waals surface area contributed by atoms with E-state index in [0.29, 0.717) is 10.0 Å². The van der Waals surface area contributed by atoms with Crippen LogP contribution in [-0.2, 0) is 16.0 Å². The van der Waals surface area contributed by atoms with Crippen LogP contribution in [0.25, 0.3) is 0 Å². The van der Waals surface area contributed by atoms with Crippen LogP contribution in [0.1, 0.15) is 26.3 Å². The molecule has 0 bridgehead atoms. The molecule has 5 nitrogen and oxygen atoms in total. The van der Waals surface area contributed by atoms with Gasteiger partial charge in [0.1, 0.15) is 17.5 Å². The molecule has 0 heterocycles. The fourth-order valence-electron chi connectivity index (χ4n) is 1.57. The van der Waals surface area contributed by atoms with Gasteiger partial charge < -0.3 is 15.2 Å². The van der Waals surface area contributed by atoms with Crippen molar-refractivity contribution in [1.29, 1.82) is 0 Å². The molecule has 0 aliphatic heterocycles. The van der Waals surface area contributed by atoms with Crippen LogP contribution in [0, 0.1) is 5.82 Å². The summed E-state index contributed by atoms with van der Waals surface area (Å²) in [6.07, 6.45) is -0.894. The van der Waals surface area contributed by atoms with Crippen molar-refractivity contribution in [2.75, 3.05) is 0 Å². The van der Waals surface area contributed by atoms with Crippen LogP contribution in [0.3, 0.4) is 0 Å². The molecule has 21 heavy (non-hydrogen) atoms. The maximum absolute atomic E-state index is 13.2. The smallest absolute Gasteiger partial charge is 0.408 e. The van der Waals surface area contributed by atoms with Crippen molar-refractivity contribution in [2.24, 2.45) is 0 Å². The Morgan fingerprint density at radius 3 is 2.57 bits per heavy atom. The van der Waals surface area contributed by atoms with E-state index in [1.807, 2.05) is 0 Å². The molecule has 1 aromatic carbocycles. The largest absolute Gasteiger partial charge is 0.480 e. The van der Waals surface area contributed by atoms with Gasteiger partial charge in [-0.3, -0.25) is 0 Å². The van der Waals surface area contributed by atoms with Gasteiger partial charge in [0.25, 0.3) is 0 Å². The lowest BCUT2D eigenvalue weighted by molar-refractivity contribution is -0.139. The minimum Gasteiger partial charge on any atom is -0.480 e. The van der Waals surface area contributed by atoms with E-state index in [4.69, 9.17) is 9.84 Å². The summed E-state index contributed by atoms with van der Waals surface area (Å²) in [5.41, 5.74) is -0.287. The molecule has 0 aromatic heterocycles. The number of aliphatic carboxylic acids is 1. The van der Waals surface area contributed by atoms with Gasteiger partial charge in [0.15, 0.2) is 0 Å². The minimum atomic E-state index is -1.22. The van der Waals surface area contributed by atoms with E-state index < -0.39 is 29.5 Å². The number of carbonyl (C=O) groups is 2. The summed E-state index contributed by atoms with van der Waals surface area (Å²) < 4.78 is 18.8. The van der Waals surface area contributed by atoms with E-state index in [1.54, 1.807) is 20.8 Å². The predicted octanol–water partition coefficient (Wildman–Crippen LogP) is 3.11. The van der Waals surface area contributed by atoms with E-state index in [1.165, 1.54) is 18.2 Å². The standard InChI is InChI=1S/C14H17BrFNO4/c1-14(2,3)21-13(20)17-11(12(18)19)7-8-6-9(16)4-5-10(8)15/h4-6,11H,7H2,1-3H3,(H,17,20)(H,18,19)/t11-/m0/s1. The lowest BCUT2D eigenvalue weighted by atomic mass is 10.1. The number of hydrogen-bond acceptors (Lipinski definition) is 3. The molecule has 0 fully saturated rings. The zero-order valence-corrected chi connectivity index (χ0v) is 13.5. The number of hydrogen-bond donors (Lipinski definition) is 2. The quantitative estimate of drug-likeness (QED) is 0.863. The average Bonchev–Trinajstić information content (AvgIpc) is 2.30.